The third kappa shape index (κ3) is 2.25. The minimum Gasteiger partial charge on any atom is -0.317 e. The van der Waals surface area contributed by atoms with Gasteiger partial charge in [0.05, 0.1) is 5.52 Å². The summed E-state index contributed by atoms with van der Waals surface area (Å²) in [4.78, 5) is 4.58. The molecular weight excluding hydrogens is 232 g/mol. The van der Waals surface area contributed by atoms with Gasteiger partial charge in [0.2, 0.25) is 0 Å². The van der Waals surface area contributed by atoms with Gasteiger partial charge in [0.1, 0.15) is 0 Å². The van der Waals surface area contributed by atoms with E-state index >= 15 is 0 Å². The van der Waals surface area contributed by atoms with Crippen LogP contribution in [-0.2, 0) is 5.41 Å². The van der Waals surface area contributed by atoms with Crippen LogP contribution in [0.1, 0.15) is 37.4 Å². The van der Waals surface area contributed by atoms with Gasteiger partial charge in [-0.15, -0.1) is 0 Å². The first-order valence-electron chi connectivity index (χ1n) is 7.16. The average Bonchev–Trinajstić information content (AvgIpc) is 2.81. The van der Waals surface area contributed by atoms with Gasteiger partial charge in [-0.05, 0) is 62.4 Å². The molecule has 1 fully saturated rings. The topological polar surface area (TPSA) is 24.9 Å². The molecule has 0 spiro atoms. The summed E-state index contributed by atoms with van der Waals surface area (Å²) in [7, 11) is 2.07. The molecule has 1 saturated carbocycles. The van der Waals surface area contributed by atoms with E-state index in [4.69, 9.17) is 0 Å². The Morgan fingerprint density at radius 2 is 2.11 bits per heavy atom. The Balaban J connectivity index is 1.99. The molecule has 19 heavy (non-hydrogen) atoms. The maximum absolute atomic E-state index is 4.58. The Morgan fingerprint density at radius 1 is 1.26 bits per heavy atom. The lowest BCUT2D eigenvalue weighted by Gasteiger charge is -2.25. The molecule has 0 aliphatic heterocycles. The summed E-state index contributed by atoms with van der Waals surface area (Å²) in [6.07, 6.45) is 3.77. The molecule has 0 bridgehead atoms. The highest BCUT2D eigenvalue weighted by molar-refractivity contribution is 5.79. The van der Waals surface area contributed by atoms with E-state index in [1.807, 2.05) is 6.92 Å². The number of benzene rings is 1. The van der Waals surface area contributed by atoms with Gasteiger partial charge in [-0.2, -0.15) is 0 Å². The molecule has 0 radical (unpaired) electrons. The van der Waals surface area contributed by atoms with Gasteiger partial charge in [-0.25, -0.2) is 0 Å². The van der Waals surface area contributed by atoms with Crippen LogP contribution in [0.15, 0.2) is 30.3 Å². The maximum Gasteiger partial charge on any atom is 0.0705 e. The van der Waals surface area contributed by atoms with E-state index in [0.29, 0.717) is 11.5 Å². The number of hydrogen-bond donors (Lipinski definition) is 1. The van der Waals surface area contributed by atoms with Crippen LogP contribution in [0.5, 0.6) is 0 Å². The van der Waals surface area contributed by atoms with Gasteiger partial charge in [0.15, 0.2) is 0 Å². The van der Waals surface area contributed by atoms with Crippen LogP contribution in [0.2, 0.25) is 0 Å². The molecule has 2 nitrogen and oxygen atoms in total. The highest BCUT2D eigenvalue weighted by atomic mass is 14.9. The highest BCUT2D eigenvalue weighted by Crippen LogP contribution is 2.41. The molecule has 1 aliphatic carbocycles. The molecule has 1 aliphatic rings. The van der Waals surface area contributed by atoms with Crippen molar-refractivity contribution in [2.45, 2.75) is 44.6 Å². The first-order valence-corrected chi connectivity index (χ1v) is 7.16. The number of aryl methyl sites for hydroxylation is 1. The van der Waals surface area contributed by atoms with Gasteiger partial charge in [0.25, 0.3) is 0 Å². The van der Waals surface area contributed by atoms with E-state index in [1.54, 1.807) is 0 Å². The lowest BCUT2D eigenvalue weighted by molar-refractivity contribution is 0.467. The van der Waals surface area contributed by atoms with Crippen molar-refractivity contribution in [3.8, 4) is 0 Å². The standard InChI is InChI=1S/C17H22N2/c1-12-4-5-13-10-14(6-7-16(13)19-12)17(2)9-8-15(11-17)18-3/h4-7,10,15,18H,8-9,11H2,1-3H3. The zero-order valence-electron chi connectivity index (χ0n) is 12.0. The summed E-state index contributed by atoms with van der Waals surface area (Å²) in [5.74, 6) is 0. The van der Waals surface area contributed by atoms with Crippen LogP contribution in [-0.4, -0.2) is 18.1 Å². The van der Waals surface area contributed by atoms with Gasteiger partial charge < -0.3 is 5.32 Å². The Morgan fingerprint density at radius 3 is 2.84 bits per heavy atom. The van der Waals surface area contributed by atoms with Crippen LogP contribution < -0.4 is 5.32 Å². The van der Waals surface area contributed by atoms with E-state index in [0.717, 1.165) is 11.2 Å². The minimum absolute atomic E-state index is 0.312. The number of nitrogens with zero attached hydrogens (tertiary/aromatic N) is 1. The molecule has 3 rings (SSSR count). The van der Waals surface area contributed by atoms with Crippen molar-refractivity contribution in [3.05, 3.63) is 41.6 Å². The quantitative estimate of drug-likeness (QED) is 0.886. The van der Waals surface area contributed by atoms with E-state index in [1.165, 1.54) is 30.2 Å². The molecule has 1 heterocycles. The number of nitrogens with one attached hydrogen (secondary N) is 1. The molecule has 1 N–H and O–H groups in total. The molecule has 1 aromatic heterocycles. The van der Waals surface area contributed by atoms with Crippen molar-refractivity contribution in [2.24, 2.45) is 0 Å². The first-order chi connectivity index (χ1) is 9.10. The molecule has 0 saturated heterocycles. The second kappa shape index (κ2) is 4.61. The monoisotopic (exact) mass is 254 g/mol. The largest absolute Gasteiger partial charge is 0.317 e. The second-order valence-electron chi connectivity index (χ2n) is 6.15. The third-order valence-corrected chi connectivity index (χ3v) is 4.68. The molecule has 2 atom stereocenters. The Hall–Kier alpha value is -1.41. The van der Waals surface area contributed by atoms with Crippen LogP contribution in [0.3, 0.4) is 0 Å². The summed E-state index contributed by atoms with van der Waals surface area (Å²) in [5, 5.41) is 4.68. The van der Waals surface area contributed by atoms with Gasteiger partial charge in [-0.1, -0.05) is 19.1 Å². The molecule has 2 aromatic rings. The Bertz CT molecular complexity index is 605. The van der Waals surface area contributed by atoms with Crippen molar-refractivity contribution in [1.82, 2.24) is 10.3 Å². The third-order valence-electron chi connectivity index (χ3n) is 4.68. The number of rotatable bonds is 2. The van der Waals surface area contributed by atoms with Gasteiger partial charge in [0, 0.05) is 17.1 Å². The van der Waals surface area contributed by atoms with Crippen LogP contribution in [0.25, 0.3) is 10.9 Å². The van der Waals surface area contributed by atoms with E-state index < -0.39 is 0 Å². The number of hydrogen-bond acceptors (Lipinski definition) is 2. The number of fused-ring (bicyclic) bond motifs is 1. The predicted molar refractivity (Wildman–Crippen MR) is 80.5 cm³/mol. The van der Waals surface area contributed by atoms with Crippen LogP contribution in [0.4, 0.5) is 0 Å². The fourth-order valence-corrected chi connectivity index (χ4v) is 3.35. The Labute approximate surface area is 115 Å². The zero-order valence-corrected chi connectivity index (χ0v) is 12.0. The normalized spacial score (nSPS) is 27.0. The van der Waals surface area contributed by atoms with Crippen molar-refractivity contribution in [2.75, 3.05) is 7.05 Å². The highest BCUT2D eigenvalue weighted by Gasteiger charge is 2.35. The molecule has 2 unspecified atom stereocenters. The van der Waals surface area contributed by atoms with Gasteiger partial charge >= 0.3 is 0 Å². The SMILES string of the molecule is CNC1CCC(C)(c2ccc3nc(C)ccc3c2)C1. The van der Waals surface area contributed by atoms with Gasteiger partial charge in [-0.3, -0.25) is 4.98 Å². The van der Waals surface area contributed by atoms with Crippen LogP contribution >= 0.6 is 0 Å². The lowest BCUT2D eigenvalue weighted by atomic mass is 9.80. The molecule has 1 aromatic carbocycles. The molecular formula is C17H22N2. The minimum atomic E-state index is 0.312. The van der Waals surface area contributed by atoms with Crippen molar-refractivity contribution in [1.29, 1.82) is 0 Å². The van der Waals surface area contributed by atoms with Crippen molar-refractivity contribution in [3.63, 3.8) is 0 Å². The van der Waals surface area contributed by atoms with Crippen molar-refractivity contribution < 1.29 is 0 Å². The summed E-state index contributed by atoms with van der Waals surface area (Å²) in [6.45, 7) is 4.44. The van der Waals surface area contributed by atoms with E-state index in [2.05, 4.69) is 54.6 Å². The van der Waals surface area contributed by atoms with Crippen molar-refractivity contribution >= 4 is 10.9 Å². The summed E-state index contributed by atoms with van der Waals surface area (Å²) in [5.41, 5.74) is 3.97. The number of aromatic nitrogens is 1. The summed E-state index contributed by atoms with van der Waals surface area (Å²) >= 11 is 0. The molecule has 2 heteroatoms. The second-order valence-corrected chi connectivity index (χ2v) is 6.15. The molecule has 100 valence electrons. The number of pyridine rings is 1. The van der Waals surface area contributed by atoms with Crippen LogP contribution in [0, 0.1) is 6.92 Å². The lowest BCUT2D eigenvalue weighted by Crippen LogP contribution is -2.25. The zero-order chi connectivity index (χ0) is 13.5. The first kappa shape index (κ1) is 12.6. The predicted octanol–water partition coefficient (Wildman–Crippen LogP) is 3.57. The maximum atomic E-state index is 4.58. The smallest absolute Gasteiger partial charge is 0.0705 e. The molecule has 0 amide bonds. The Kier molecular flexibility index (Phi) is 3.06. The fraction of sp³-hybridized carbons (Fsp3) is 0.471. The van der Waals surface area contributed by atoms with E-state index in [9.17, 15) is 0 Å². The van der Waals surface area contributed by atoms with E-state index in [-0.39, 0.29) is 0 Å². The fourth-order valence-electron chi connectivity index (χ4n) is 3.35. The summed E-state index contributed by atoms with van der Waals surface area (Å²) < 4.78 is 0. The average molecular weight is 254 g/mol. The summed E-state index contributed by atoms with van der Waals surface area (Å²) in [6, 6.07) is 11.7.